The lowest BCUT2D eigenvalue weighted by molar-refractivity contribution is 0.176. The normalized spacial score (nSPS) is 18.1. The maximum atomic E-state index is 5.32. The van der Waals surface area contributed by atoms with Crippen LogP contribution < -0.4 is 5.32 Å². The largest absolute Gasteiger partial charge is 0.332 e. The molecule has 7 heteroatoms. The highest BCUT2D eigenvalue weighted by atomic mass is 79.9. The standard InChI is InChI=1S/C13H16BrN5O/c1-9(19-6-4-15-5-7-19)12-17-13(20-18-12)11-3-2-10(14)8-16-11/h2-3,8-9,15H,4-7H2,1H3. The summed E-state index contributed by atoms with van der Waals surface area (Å²) in [5.74, 6) is 1.18. The molecule has 1 fully saturated rings. The van der Waals surface area contributed by atoms with Gasteiger partial charge in [-0.25, -0.2) is 4.98 Å². The van der Waals surface area contributed by atoms with Crippen molar-refractivity contribution in [1.82, 2.24) is 25.3 Å². The first-order chi connectivity index (χ1) is 9.74. The van der Waals surface area contributed by atoms with E-state index in [2.05, 4.69) is 48.2 Å². The number of hydrogen-bond acceptors (Lipinski definition) is 6. The van der Waals surface area contributed by atoms with Crippen LogP contribution in [-0.2, 0) is 0 Å². The smallest absolute Gasteiger partial charge is 0.276 e. The molecular formula is C13H16BrN5O. The molecule has 6 nitrogen and oxygen atoms in total. The van der Waals surface area contributed by atoms with Gasteiger partial charge in [0.05, 0.1) is 6.04 Å². The lowest BCUT2D eigenvalue weighted by Gasteiger charge is -2.30. The summed E-state index contributed by atoms with van der Waals surface area (Å²) in [6.45, 7) is 6.12. The van der Waals surface area contributed by atoms with Gasteiger partial charge in [0, 0.05) is 36.8 Å². The van der Waals surface area contributed by atoms with Gasteiger partial charge in [-0.2, -0.15) is 4.98 Å². The predicted octanol–water partition coefficient (Wildman–Crippen LogP) is 1.86. The van der Waals surface area contributed by atoms with Crippen LogP contribution in [0.5, 0.6) is 0 Å². The van der Waals surface area contributed by atoms with Crippen LogP contribution in [0.4, 0.5) is 0 Å². The van der Waals surface area contributed by atoms with E-state index in [1.807, 2.05) is 12.1 Å². The fourth-order valence-corrected chi connectivity index (χ4v) is 2.48. The van der Waals surface area contributed by atoms with Gasteiger partial charge in [0.2, 0.25) is 0 Å². The summed E-state index contributed by atoms with van der Waals surface area (Å²) in [4.78, 5) is 11.1. The Labute approximate surface area is 125 Å². The minimum absolute atomic E-state index is 0.157. The molecule has 1 aliphatic rings. The van der Waals surface area contributed by atoms with Crippen LogP contribution >= 0.6 is 15.9 Å². The molecule has 1 atom stereocenters. The molecule has 1 unspecified atom stereocenters. The molecule has 0 aliphatic carbocycles. The summed E-state index contributed by atoms with van der Waals surface area (Å²) in [6.07, 6.45) is 1.72. The number of nitrogens with one attached hydrogen (secondary N) is 1. The molecule has 2 aromatic heterocycles. The fraction of sp³-hybridized carbons (Fsp3) is 0.462. The number of hydrogen-bond donors (Lipinski definition) is 1. The molecule has 3 rings (SSSR count). The lowest BCUT2D eigenvalue weighted by atomic mass is 10.2. The van der Waals surface area contributed by atoms with Gasteiger partial charge in [-0.3, -0.25) is 4.90 Å². The Kier molecular flexibility index (Phi) is 4.09. The van der Waals surface area contributed by atoms with E-state index in [-0.39, 0.29) is 6.04 Å². The molecule has 1 N–H and O–H groups in total. The SMILES string of the molecule is CC(c1noc(-c2ccc(Br)cn2)n1)N1CCNCC1. The van der Waals surface area contributed by atoms with E-state index >= 15 is 0 Å². The predicted molar refractivity (Wildman–Crippen MR) is 78.1 cm³/mol. The van der Waals surface area contributed by atoms with Crippen molar-refractivity contribution in [2.45, 2.75) is 13.0 Å². The van der Waals surface area contributed by atoms with Crippen LogP contribution in [0, 0.1) is 0 Å². The Hall–Kier alpha value is -1.31. The molecule has 3 heterocycles. The van der Waals surface area contributed by atoms with E-state index in [0.717, 1.165) is 30.7 Å². The fourth-order valence-electron chi connectivity index (χ4n) is 2.24. The van der Waals surface area contributed by atoms with E-state index in [0.29, 0.717) is 17.4 Å². The van der Waals surface area contributed by atoms with Crippen molar-refractivity contribution in [3.63, 3.8) is 0 Å². The van der Waals surface area contributed by atoms with Gasteiger partial charge < -0.3 is 9.84 Å². The molecule has 0 radical (unpaired) electrons. The second-order valence-corrected chi connectivity index (χ2v) is 5.70. The molecule has 2 aromatic rings. The summed E-state index contributed by atoms with van der Waals surface area (Å²) in [6, 6.07) is 3.92. The first-order valence-corrected chi connectivity index (χ1v) is 7.43. The van der Waals surface area contributed by atoms with Crippen molar-refractivity contribution < 1.29 is 4.52 Å². The van der Waals surface area contributed by atoms with Gasteiger partial charge in [-0.05, 0) is 35.0 Å². The summed E-state index contributed by atoms with van der Waals surface area (Å²) in [5.41, 5.74) is 0.694. The molecule has 1 aliphatic heterocycles. The molecule has 0 aromatic carbocycles. The Balaban J connectivity index is 1.77. The number of aromatic nitrogens is 3. The summed E-state index contributed by atoms with van der Waals surface area (Å²) < 4.78 is 6.25. The highest BCUT2D eigenvalue weighted by Crippen LogP contribution is 2.22. The van der Waals surface area contributed by atoms with Crippen LogP contribution in [-0.4, -0.2) is 46.2 Å². The van der Waals surface area contributed by atoms with Gasteiger partial charge in [-0.15, -0.1) is 0 Å². The summed E-state index contributed by atoms with van der Waals surface area (Å²) >= 11 is 3.36. The minimum atomic E-state index is 0.157. The van der Waals surface area contributed by atoms with Crippen molar-refractivity contribution in [1.29, 1.82) is 0 Å². The Morgan fingerprint density at radius 2 is 2.15 bits per heavy atom. The second kappa shape index (κ2) is 5.99. The van der Waals surface area contributed by atoms with Crippen molar-refractivity contribution in [3.05, 3.63) is 28.6 Å². The molecule has 0 spiro atoms. The van der Waals surface area contributed by atoms with Gasteiger partial charge in [0.1, 0.15) is 5.69 Å². The van der Waals surface area contributed by atoms with Crippen molar-refractivity contribution in [3.8, 4) is 11.6 Å². The Bertz CT molecular complexity index is 564. The van der Waals surface area contributed by atoms with Crippen LogP contribution in [0.3, 0.4) is 0 Å². The zero-order chi connectivity index (χ0) is 13.9. The molecule has 20 heavy (non-hydrogen) atoms. The molecule has 106 valence electrons. The second-order valence-electron chi connectivity index (χ2n) is 4.78. The summed E-state index contributed by atoms with van der Waals surface area (Å²) in [7, 11) is 0. The zero-order valence-corrected chi connectivity index (χ0v) is 12.8. The molecule has 1 saturated heterocycles. The monoisotopic (exact) mass is 337 g/mol. The van der Waals surface area contributed by atoms with Gasteiger partial charge in [-0.1, -0.05) is 5.16 Å². The highest BCUT2D eigenvalue weighted by molar-refractivity contribution is 9.10. The van der Waals surface area contributed by atoms with E-state index in [4.69, 9.17) is 4.52 Å². The van der Waals surface area contributed by atoms with Gasteiger partial charge >= 0.3 is 0 Å². The molecular weight excluding hydrogens is 322 g/mol. The average molecular weight is 338 g/mol. The maximum absolute atomic E-state index is 5.32. The quantitative estimate of drug-likeness (QED) is 0.922. The summed E-state index contributed by atoms with van der Waals surface area (Å²) in [5, 5.41) is 7.43. The number of piperazine rings is 1. The number of halogens is 1. The van der Waals surface area contributed by atoms with Crippen LogP contribution in [0.25, 0.3) is 11.6 Å². The van der Waals surface area contributed by atoms with Crippen molar-refractivity contribution >= 4 is 15.9 Å². The first kappa shape index (κ1) is 13.7. The zero-order valence-electron chi connectivity index (χ0n) is 11.2. The third-order valence-electron chi connectivity index (χ3n) is 3.46. The van der Waals surface area contributed by atoms with Crippen LogP contribution in [0.15, 0.2) is 27.3 Å². The Morgan fingerprint density at radius 3 is 2.85 bits per heavy atom. The first-order valence-electron chi connectivity index (χ1n) is 6.64. The highest BCUT2D eigenvalue weighted by Gasteiger charge is 2.22. The van der Waals surface area contributed by atoms with Gasteiger partial charge in [0.25, 0.3) is 5.89 Å². The van der Waals surface area contributed by atoms with Gasteiger partial charge in [0.15, 0.2) is 5.82 Å². The van der Waals surface area contributed by atoms with E-state index < -0.39 is 0 Å². The Morgan fingerprint density at radius 1 is 1.35 bits per heavy atom. The minimum Gasteiger partial charge on any atom is -0.332 e. The maximum Gasteiger partial charge on any atom is 0.276 e. The van der Waals surface area contributed by atoms with Crippen molar-refractivity contribution in [2.24, 2.45) is 0 Å². The van der Waals surface area contributed by atoms with E-state index in [1.54, 1.807) is 6.20 Å². The number of nitrogens with zero attached hydrogens (tertiary/aromatic N) is 4. The third-order valence-corrected chi connectivity index (χ3v) is 3.93. The lowest BCUT2D eigenvalue weighted by Crippen LogP contribution is -2.44. The topological polar surface area (TPSA) is 67.1 Å². The third kappa shape index (κ3) is 2.89. The van der Waals surface area contributed by atoms with Crippen molar-refractivity contribution in [2.75, 3.05) is 26.2 Å². The molecule has 0 bridgehead atoms. The van der Waals surface area contributed by atoms with E-state index in [1.165, 1.54) is 0 Å². The molecule has 0 amide bonds. The number of pyridine rings is 1. The number of rotatable bonds is 3. The average Bonchev–Trinajstić information content (AvgIpc) is 2.98. The van der Waals surface area contributed by atoms with Crippen LogP contribution in [0.2, 0.25) is 0 Å². The molecule has 0 saturated carbocycles. The van der Waals surface area contributed by atoms with E-state index in [9.17, 15) is 0 Å². The van der Waals surface area contributed by atoms with Crippen LogP contribution in [0.1, 0.15) is 18.8 Å².